The summed E-state index contributed by atoms with van der Waals surface area (Å²) in [6.07, 6.45) is 6.12. The zero-order valence-corrected chi connectivity index (χ0v) is 13.3. The standard InChI is InChI=1S/C18H28O3/c1-3-5-7-17-13-21-18(14-20-17)15-8-10-16(11-9-15)19-12-6-4-2/h8-11,17-18H,3-7,12-14H2,1-2H3/t17-,18-/m0/s1. The summed E-state index contributed by atoms with van der Waals surface area (Å²) in [4.78, 5) is 0. The van der Waals surface area contributed by atoms with Crippen LogP contribution in [-0.4, -0.2) is 25.9 Å². The number of hydrogen-bond acceptors (Lipinski definition) is 3. The molecule has 0 unspecified atom stereocenters. The molecule has 0 amide bonds. The second-order valence-electron chi connectivity index (χ2n) is 5.69. The molecule has 1 fully saturated rings. The van der Waals surface area contributed by atoms with Gasteiger partial charge in [0.15, 0.2) is 0 Å². The number of benzene rings is 1. The first-order valence-electron chi connectivity index (χ1n) is 8.29. The summed E-state index contributed by atoms with van der Waals surface area (Å²) in [5, 5.41) is 0. The first-order chi connectivity index (χ1) is 10.3. The quantitative estimate of drug-likeness (QED) is 0.660. The minimum absolute atomic E-state index is 0.0626. The molecule has 1 saturated heterocycles. The molecule has 1 aliphatic rings. The van der Waals surface area contributed by atoms with Crippen LogP contribution in [0.2, 0.25) is 0 Å². The average molecular weight is 292 g/mol. The van der Waals surface area contributed by atoms with Gasteiger partial charge in [0, 0.05) is 0 Å². The predicted molar refractivity (Wildman–Crippen MR) is 84.8 cm³/mol. The van der Waals surface area contributed by atoms with Crippen molar-refractivity contribution in [3.8, 4) is 5.75 Å². The maximum absolute atomic E-state index is 5.95. The smallest absolute Gasteiger partial charge is 0.119 e. The van der Waals surface area contributed by atoms with E-state index in [1.165, 1.54) is 18.4 Å². The van der Waals surface area contributed by atoms with Gasteiger partial charge in [0.1, 0.15) is 11.9 Å². The third kappa shape index (κ3) is 5.33. The molecule has 0 aliphatic carbocycles. The van der Waals surface area contributed by atoms with Gasteiger partial charge in [-0.1, -0.05) is 45.2 Å². The van der Waals surface area contributed by atoms with Crippen LogP contribution in [0.3, 0.4) is 0 Å². The monoisotopic (exact) mass is 292 g/mol. The first kappa shape index (κ1) is 16.3. The van der Waals surface area contributed by atoms with Crippen LogP contribution in [0.5, 0.6) is 5.75 Å². The molecule has 0 radical (unpaired) electrons. The zero-order valence-electron chi connectivity index (χ0n) is 13.3. The van der Waals surface area contributed by atoms with E-state index in [1.807, 2.05) is 12.1 Å². The van der Waals surface area contributed by atoms with E-state index in [0.29, 0.717) is 13.2 Å². The van der Waals surface area contributed by atoms with Crippen molar-refractivity contribution in [1.29, 1.82) is 0 Å². The molecule has 0 N–H and O–H groups in total. The summed E-state index contributed by atoms with van der Waals surface area (Å²) in [5.41, 5.74) is 1.17. The van der Waals surface area contributed by atoms with Gasteiger partial charge < -0.3 is 14.2 Å². The molecule has 1 aromatic rings. The number of unbranched alkanes of at least 4 members (excludes halogenated alkanes) is 2. The average Bonchev–Trinajstić information content (AvgIpc) is 2.54. The highest BCUT2D eigenvalue weighted by Gasteiger charge is 2.23. The summed E-state index contributed by atoms with van der Waals surface area (Å²) < 4.78 is 17.5. The third-order valence-electron chi connectivity index (χ3n) is 3.86. The summed E-state index contributed by atoms with van der Waals surface area (Å²) in [6, 6.07) is 8.22. The van der Waals surface area contributed by atoms with E-state index in [0.717, 1.165) is 31.6 Å². The van der Waals surface area contributed by atoms with E-state index < -0.39 is 0 Å². The van der Waals surface area contributed by atoms with Crippen LogP contribution in [0.1, 0.15) is 57.6 Å². The molecule has 0 spiro atoms. The van der Waals surface area contributed by atoms with Crippen molar-refractivity contribution < 1.29 is 14.2 Å². The van der Waals surface area contributed by atoms with E-state index in [4.69, 9.17) is 14.2 Å². The molecule has 1 heterocycles. The summed E-state index contributed by atoms with van der Waals surface area (Å²) >= 11 is 0. The topological polar surface area (TPSA) is 27.7 Å². The molecule has 1 aromatic carbocycles. The normalized spacial score (nSPS) is 22.2. The lowest BCUT2D eigenvalue weighted by Crippen LogP contribution is -2.31. The molecule has 0 aromatic heterocycles. The van der Waals surface area contributed by atoms with Gasteiger partial charge in [-0.05, 0) is 30.5 Å². The molecule has 3 nitrogen and oxygen atoms in total. The Kier molecular flexibility index (Phi) is 7.04. The minimum atomic E-state index is 0.0626. The van der Waals surface area contributed by atoms with E-state index >= 15 is 0 Å². The lowest BCUT2D eigenvalue weighted by atomic mass is 10.1. The van der Waals surface area contributed by atoms with Gasteiger partial charge in [-0.2, -0.15) is 0 Å². The first-order valence-corrected chi connectivity index (χ1v) is 8.29. The molecule has 1 aliphatic heterocycles. The molecule has 21 heavy (non-hydrogen) atoms. The van der Waals surface area contributed by atoms with Gasteiger partial charge in [-0.15, -0.1) is 0 Å². The second kappa shape index (κ2) is 9.06. The lowest BCUT2D eigenvalue weighted by Gasteiger charge is -2.29. The van der Waals surface area contributed by atoms with Crippen LogP contribution in [0.25, 0.3) is 0 Å². The highest BCUT2D eigenvalue weighted by Crippen LogP contribution is 2.26. The molecular weight excluding hydrogens is 264 g/mol. The summed E-state index contributed by atoms with van der Waals surface area (Å²) in [7, 11) is 0. The molecule has 2 rings (SSSR count). The van der Waals surface area contributed by atoms with Gasteiger partial charge in [-0.25, -0.2) is 0 Å². The largest absolute Gasteiger partial charge is 0.494 e. The minimum Gasteiger partial charge on any atom is -0.494 e. The van der Waals surface area contributed by atoms with E-state index in [9.17, 15) is 0 Å². The van der Waals surface area contributed by atoms with Crippen LogP contribution in [-0.2, 0) is 9.47 Å². The second-order valence-corrected chi connectivity index (χ2v) is 5.69. The SMILES string of the molecule is CCCCOc1ccc([C@@H]2CO[C@@H](CCCC)CO2)cc1. The van der Waals surface area contributed by atoms with Crippen molar-refractivity contribution in [3.63, 3.8) is 0 Å². The van der Waals surface area contributed by atoms with E-state index in [2.05, 4.69) is 26.0 Å². The van der Waals surface area contributed by atoms with Gasteiger partial charge in [0.2, 0.25) is 0 Å². The molecule has 0 bridgehead atoms. The molecule has 0 saturated carbocycles. The Balaban J connectivity index is 1.78. The Morgan fingerprint density at radius 1 is 1.00 bits per heavy atom. The highest BCUT2D eigenvalue weighted by atomic mass is 16.6. The fourth-order valence-corrected chi connectivity index (χ4v) is 2.45. The lowest BCUT2D eigenvalue weighted by molar-refractivity contribution is -0.137. The Morgan fingerprint density at radius 3 is 2.38 bits per heavy atom. The number of rotatable bonds is 8. The van der Waals surface area contributed by atoms with Crippen molar-refractivity contribution in [1.82, 2.24) is 0 Å². The zero-order chi connectivity index (χ0) is 14.9. The third-order valence-corrected chi connectivity index (χ3v) is 3.86. The number of ether oxygens (including phenoxy) is 3. The van der Waals surface area contributed by atoms with Crippen molar-refractivity contribution >= 4 is 0 Å². The van der Waals surface area contributed by atoms with Crippen LogP contribution in [0.15, 0.2) is 24.3 Å². The molecule has 2 atom stereocenters. The van der Waals surface area contributed by atoms with Gasteiger partial charge in [0.25, 0.3) is 0 Å². The van der Waals surface area contributed by atoms with E-state index in [1.54, 1.807) is 0 Å². The van der Waals surface area contributed by atoms with Crippen molar-refractivity contribution in [2.45, 2.75) is 58.2 Å². The Bertz CT molecular complexity index is 380. The van der Waals surface area contributed by atoms with Gasteiger partial charge in [-0.3, -0.25) is 0 Å². The highest BCUT2D eigenvalue weighted by molar-refractivity contribution is 5.28. The number of hydrogen-bond donors (Lipinski definition) is 0. The van der Waals surface area contributed by atoms with Crippen LogP contribution in [0.4, 0.5) is 0 Å². The maximum atomic E-state index is 5.95. The van der Waals surface area contributed by atoms with Gasteiger partial charge >= 0.3 is 0 Å². The van der Waals surface area contributed by atoms with Crippen molar-refractivity contribution in [2.24, 2.45) is 0 Å². The van der Waals surface area contributed by atoms with Gasteiger partial charge in [0.05, 0.1) is 25.9 Å². The Morgan fingerprint density at radius 2 is 1.76 bits per heavy atom. The predicted octanol–water partition coefficient (Wildman–Crippen LogP) is 4.51. The maximum Gasteiger partial charge on any atom is 0.119 e. The fraction of sp³-hybridized carbons (Fsp3) is 0.667. The van der Waals surface area contributed by atoms with Crippen LogP contribution >= 0.6 is 0 Å². The molecule has 3 heteroatoms. The Labute approximate surface area is 128 Å². The van der Waals surface area contributed by atoms with E-state index in [-0.39, 0.29) is 12.2 Å². The molecule has 118 valence electrons. The van der Waals surface area contributed by atoms with Crippen LogP contribution in [0, 0.1) is 0 Å². The summed E-state index contributed by atoms with van der Waals surface area (Å²) in [5.74, 6) is 0.935. The fourth-order valence-electron chi connectivity index (χ4n) is 2.45. The van der Waals surface area contributed by atoms with Crippen molar-refractivity contribution in [2.75, 3.05) is 19.8 Å². The summed E-state index contributed by atoms with van der Waals surface area (Å²) in [6.45, 7) is 6.53. The van der Waals surface area contributed by atoms with Crippen LogP contribution < -0.4 is 4.74 Å². The molecular formula is C18H28O3. The Hall–Kier alpha value is -1.06. The van der Waals surface area contributed by atoms with Crippen molar-refractivity contribution in [3.05, 3.63) is 29.8 Å².